The topological polar surface area (TPSA) is 43.8 Å². The number of nitrogens with zero attached hydrogens (tertiary/aromatic N) is 2. The van der Waals surface area contributed by atoms with Crippen molar-refractivity contribution in [2.75, 3.05) is 0 Å². The lowest BCUT2D eigenvalue weighted by Gasteiger charge is -2.22. The maximum atomic E-state index is 6.10. The SMILES string of the molecule is CC(C)C(C)C(N)c1nccn1C. The van der Waals surface area contributed by atoms with Crippen LogP contribution in [0.1, 0.15) is 32.6 Å². The summed E-state index contributed by atoms with van der Waals surface area (Å²) in [5.74, 6) is 2.02. The van der Waals surface area contributed by atoms with Crippen LogP contribution in [0.25, 0.3) is 0 Å². The Balaban J connectivity index is 2.79. The zero-order valence-electron chi connectivity index (χ0n) is 8.86. The molecule has 1 rings (SSSR count). The van der Waals surface area contributed by atoms with E-state index in [-0.39, 0.29) is 6.04 Å². The average Bonchev–Trinajstić information content (AvgIpc) is 2.48. The van der Waals surface area contributed by atoms with Gasteiger partial charge in [-0.2, -0.15) is 0 Å². The van der Waals surface area contributed by atoms with Crippen LogP contribution < -0.4 is 5.73 Å². The second-order valence-corrected chi connectivity index (χ2v) is 4.03. The summed E-state index contributed by atoms with van der Waals surface area (Å²) in [5.41, 5.74) is 6.10. The molecular weight excluding hydrogens is 162 g/mol. The van der Waals surface area contributed by atoms with Crippen molar-refractivity contribution < 1.29 is 0 Å². The Labute approximate surface area is 80.0 Å². The highest BCUT2D eigenvalue weighted by Gasteiger charge is 2.20. The molecule has 0 spiro atoms. The van der Waals surface area contributed by atoms with Gasteiger partial charge < -0.3 is 10.3 Å². The van der Waals surface area contributed by atoms with E-state index in [2.05, 4.69) is 25.8 Å². The minimum absolute atomic E-state index is 0.0417. The molecule has 2 unspecified atom stereocenters. The number of nitrogens with two attached hydrogens (primary N) is 1. The van der Waals surface area contributed by atoms with Gasteiger partial charge in [0.05, 0.1) is 6.04 Å². The van der Waals surface area contributed by atoms with Gasteiger partial charge in [0.2, 0.25) is 0 Å². The van der Waals surface area contributed by atoms with Crippen LogP contribution in [0.3, 0.4) is 0 Å². The van der Waals surface area contributed by atoms with Gasteiger partial charge >= 0.3 is 0 Å². The molecule has 2 atom stereocenters. The maximum absolute atomic E-state index is 6.10. The fourth-order valence-corrected chi connectivity index (χ4v) is 1.35. The smallest absolute Gasteiger partial charge is 0.125 e. The molecule has 0 amide bonds. The summed E-state index contributed by atoms with van der Waals surface area (Å²) in [5, 5.41) is 0. The quantitative estimate of drug-likeness (QED) is 0.771. The van der Waals surface area contributed by atoms with Crippen molar-refractivity contribution in [2.24, 2.45) is 24.6 Å². The summed E-state index contributed by atoms with van der Waals surface area (Å²) in [7, 11) is 1.98. The van der Waals surface area contributed by atoms with E-state index in [0.29, 0.717) is 11.8 Å². The molecule has 13 heavy (non-hydrogen) atoms. The number of aryl methyl sites for hydroxylation is 1. The van der Waals surface area contributed by atoms with Gasteiger partial charge in [-0.1, -0.05) is 20.8 Å². The summed E-state index contributed by atoms with van der Waals surface area (Å²) < 4.78 is 1.99. The molecule has 0 saturated carbocycles. The third-order valence-corrected chi connectivity index (χ3v) is 2.77. The molecule has 0 aliphatic rings. The van der Waals surface area contributed by atoms with Crippen LogP contribution in [-0.2, 0) is 7.05 Å². The van der Waals surface area contributed by atoms with E-state index in [1.54, 1.807) is 6.20 Å². The molecule has 0 aliphatic heterocycles. The van der Waals surface area contributed by atoms with E-state index < -0.39 is 0 Å². The molecular formula is C10H19N3. The van der Waals surface area contributed by atoms with Gasteiger partial charge in [-0.3, -0.25) is 0 Å². The fourth-order valence-electron chi connectivity index (χ4n) is 1.35. The van der Waals surface area contributed by atoms with Crippen LogP contribution >= 0.6 is 0 Å². The van der Waals surface area contributed by atoms with E-state index in [4.69, 9.17) is 5.73 Å². The summed E-state index contributed by atoms with van der Waals surface area (Å²) in [6, 6.07) is 0.0417. The van der Waals surface area contributed by atoms with Gasteiger partial charge in [0.1, 0.15) is 5.82 Å². The molecule has 0 aliphatic carbocycles. The summed E-state index contributed by atoms with van der Waals surface area (Å²) in [6.07, 6.45) is 3.73. The van der Waals surface area contributed by atoms with E-state index in [1.165, 1.54) is 0 Å². The molecule has 0 radical (unpaired) electrons. The predicted molar refractivity (Wildman–Crippen MR) is 54.1 cm³/mol. The number of rotatable bonds is 3. The molecule has 3 nitrogen and oxygen atoms in total. The van der Waals surface area contributed by atoms with Crippen LogP contribution in [0.5, 0.6) is 0 Å². The number of aromatic nitrogens is 2. The Bertz CT molecular complexity index is 265. The van der Waals surface area contributed by atoms with E-state index in [1.807, 2.05) is 17.8 Å². The van der Waals surface area contributed by atoms with E-state index in [0.717, 1.165) is 5.82 Å². The first-order chi connectivity index (χ1) is 6.04. The van der Waals surface area contributed by atoms with Crippen molar-refractivity contribution in [3.05, 3.63) is 18.2 Å². The largest absolute Gasteiger partial charge is 0.337 e. The average molecular weight is 181 g/mol. The standard InChI is InChI=1S/C10H19N3/c1-7(2)8(3)9(11)10-12-5-6-13(10)4/h5-9H,11H2,1-4H3. The Morgan fingerprint density at radius 1 is 1.38 bits per heavy atom. The van der Waals surface area contributed by atoms with Gasteiger partial charge in [0.15, 0.2) is 0 Å². The predicted octanol–water partition coefficient (Wildman–Crippen LogP) is 1.71. The monoisotopic (exact) mass is 181 g/mol. The van der Waals surface area contributed by atoms with Crippen molar-refractivity contribution in [3.63, 3.8) is 0 Å². The number of imidazole rings is 1. The first-order valence-electron chi connectivity index (χ1n) is 4.76. The third-order valence-electron chi connectivity index (χ3n) is 2.77. The van der Waals surface area contributed by atoms with Crippen molar-refractivity contribution in [2.45, 2.75) is 26.8 Å². The van der Waals surface area contributed by atoms with Crippen molar-refractivity contribution >= 4 is 0 Å². The highest BCUT2D eigenvalue weighted by Crippen LogP contribution is 2.23. The zero-order chi connectivity index (χ0) is 10.0. The highest BCUT2D eigenvalue weighted by atomic mass is 15.1. The van der Waals surface area contributed by atoms with Crippen LogP contribution in [0, 0.1) is 11.8 Å². The van der Waals surface area contributed by atoms with Crippen LogP contribution in [-0.4, -0.2) is 9.55 Å². The van der Waals surface area contributed by atoms with Crippen molar-refractivity contribution in [1.29, 1.82) is 0 Å². The molecule has 2 N–H and O–H groups in total. The highest BCUT2D eigenvalue weighted by molar-refractivity contribution is 4.99. The Morgan fingerprint density at radius 2 is 2.00 bits per heavy atom. The Morgan fingerprint density at radius 3 is 2.38 bits per heavy atom. The van der Waals surface area contributed by atoms with Gasteiger partial charge in [-0.05, 0) is 11.8 Å². The van der Waals surface area contributed by atoms with Crippen LogP contribution in [0.4, 0.5) is 0 Å². The number of hydrogen-bond donors (Lipinski definition) is 1. The molecule has 1 heterocycles. The summed E-state index contributed by atoms with van der Waals surface area (Å²) in [6.45, 7) is 6.55. The molecule has 1 aromatic rings. The van der Waals surface area contributed by atoms with Gasteiger partial charge in [0, 0.05) is 19.4 Å². The normalized spacial score (nSPS) is 16.2. The second kappa shape index (κ2) is 3.92. The Kier molecular flexibility index (Phi) is 3.09. The van der Waals surface area contributed by atoms with Crippen molar-refractivity contribution in [3.8, 4) is 0 Å². The van der Waals surface area contributed by atoms with Crippen LogP contribution in [0.2, 0.25) is 0 Å². The minimum atomic E-state index is 0.0417. The van der Waals surface area contributed by atoms with Crippen LogP contribution in [0.15, 0.2) is 12.4 Å². The van der Waals surface area contributed by atoms with Gasteiger partial charge in [0.25, 0.3) is 0 Å². The molecule has 74 valence electrons. The Hall–Kier alpha value is -0.830. The molecule has 3 heteroatoms. The molecule has 0 bridgehead atoms. The van der Waals surface area contributed by atoms with Crippen molar-refractivity contribution in [1.82, 2.24) is 9.55 Å². The van der Waals surface area contributed by atoms with Gasteiger partial charge in [-0.25, -0.2) is 4.98 Å². The zero-order valence-corrected chi connectivity index (χ0v) is 8.86. The summed E-state index contributed by atoms with van der Waals surface area (Å²) in [4.78, 5) is 4.26. The molecule has 0 saturated heterocycles. The molecule has 0 aromatic carbocycles. The lowest BCUT2D eigenvalue weighted by molar-refractivity contribution is 0.338. The third kappa shape index (κ3) is 2.10. The summed E-state index contributed by atoms with van der Waals surface area (Å²) >= 11 is 0. The lowest BCUT2D eigenvalue weighted by atomic mass is 9.90. The maximum Gasteiger partial charge on any atom is 0.125 e. The lowest BCUT2D eigenvalue weighted by Crippen LogP contribution is -2.25. The van der Waals surface area contributed by atoms with E-state index in [9.17, 15) is 0 Å². The second-order valence-electron chi connectivity index (χ2n) is 4.03. The fraction of sp³-hybridized carbons (Fsp3) is 0.700. The number of hydrogen-bond acceptors (Lipinski definition) is 2. The first-order valence-corrected chi connectivity index (χ1v) is 4.76. The molecule has 1 aromatic heterocycles. The van der Waals surface area contributed by atoms with Gasteiger partial charge in [-0.15, -0.1) is 0 Å². The first kappa shape index (κ1) is 10.3. The van der Waals surface area contributed by atoms with E-state index >= 15 is 0 Å². The molecule has 0 fully saturated rings. The minimum Gasteiger partial charge on any atom is -0.337 e.